The van der Waals surface area contributed by atoms with Crippen molar-refractivity contribution in [1.29, 1.82) is 0 Å². The number of hydrogen-bond donors (Lipinski definition) is 3. The second-order valence-electron chi connectivity index (χ2n) is 5.88. The minimum atomic E-state index is -0.402. The first-order chi connectivity index (χ1) is 13.0. The third-order valence-electron chi connectivity index (χ3n) is 3.84. The smallest absolute Gasteiger partial charge is 0.319 e. The minimum absolute atomic E-state index is 0.360. The van der Waals surface area contributed by atoms with Gasteiger partial charge in [-0.2, -0.15) is 5.10 Å². The van der Waals surface area contributed by atoms with Gasteiger partial charge in [0, 0.05) is 36.6 Å². The van der Waals surface area contributed by atoms with E-state index < -0.39 is 6.03 Å². The fraction of sp³-hybridized carbons (Fsp3) is 0.222. The van der Waals surface area contributed by atoms with E-state index in [9.17, 15) is 9.18 Å². The summed E-state index contributed by atoms with van der Waals surface area (Å²) in [5.41, 5.74) is 1.73. The van der Waals surface area contributed by atoms with Gasteiger partial charge in [0.15, 0.2) is 5.82 Å². The molecule has 3 rings (SSSR count). The first-order valence-electron chi connectivity index (χ1n) is 8.41. The third kappa shape index (κ3) is 4.78. The van der Waals surface area contributed by atoms with Crippen molar-refractivity contribution < 1.29 is 9.18 Å². The Morgan fingerprint density at radius 1 is 1.19 bits per heavy atom. The van der Waals surface area contributed by atoms with Crippen molar-refractivity contribution in [2.45, 2.75) is 13.8 Å². The Kier molecular flexibility index (Phi) is 5.60. The van der Waals surface area contributed by atoms with Crippen LogP contribution in [0.1, 0.15) is 11.3 Å². The van der Waals surface area contributed by atoms with Crippen molar-refractivity contribution in [2.75, 3.05) is 23.7 Å². The lowest BCUT2D eigenvalue weighted by Gasteiger charge is -2.11. The van der Waals surface area contributed by atoms with Gasteiger partial charge in [-0.1, -0.05) is 6.07 Å². The van der Waals surface area contributed by atoms with E-state index in [4.69, 9.17) is 0 Å². The van der Waals surface area contributed by atoms with Gasteiger partial charge in [-0.15, -0.1) is 0 Å². The number of carbonyl (C=O) groups excluding carboxylic acids is 1. The second kappa shape index (κ2) is 8.26. The lowest BCUT2D eigenvalue weighted by molar-refractivity contribution is 0.252. The summed E-state index contributed by atoms with van der Waals surface area (Å²) in [6, 6.07) is 7.80. The topological polar surface area (TPSA) is 96.8 Å². The molecular weight excluding hydrogens is 349 g/mol. The molecule has 0 radical (unpaired) electrons. The molecule has 140 valence electrons. The molecule has 0 saturated heterocycles. The van der Waals surface area contributed by atoms with Gasteiger partial charge in [0.05, 0.1) is 5.69 Å². The molecule has 0 aliphatic heterocycles. The lowest BCUT2D eigenvalue weighted by Crippen LogP contribution is -2.33. The van der Waals surface area contributed by atoms with Crippen LogP contribution in [0.4, 0.5) is 20.7 Å². The number of nitrogens with one attached hydrogen (secondary N) is 3. The molecule has 3 aromatic rings. The SMILES string of the molecule is Cc1ccn(-c2cc(NCCNC(=O)Nc3cccc(F)c3C)ncn2)n1. The molecule has 0 aliphatic carbocycles. The highest BCUT2D eigenvalue weighted by Gasteiger charge is 2.07. The molecule has 0 aliphatic rings. The first kappa shape index (κ1) is 18.3. The summed E-state index contributed by atoms with van der Waals surface area (Å²) in [6.45, 7) is 4.34. The first-order valence-corrected chi connectivity index (χ1v) is 8.41. The maximum Gasteiger partial charge on any atom is 0.319 e. The summed E-state index contributed by atoms with van der Waals surface area (Å²) < 4.78 is 15.1. The van der Waals surface area contributed by atoms with Gasteiger partial charge in [-0.3, -0.25) is 0 Å². The summed E-state index contributed by atoms with van der Waals surface area (Å²) in [7, 11) is 0. The quantitative estimate of drug-likeness (QED) is 0.581. The van der Waals surface area contributed by atoms with Gasteiger partial charge in [0.25, 0.3) is 0 Å². The maximum absolute atomic E-state index is 13.5. The summed E-state index contributed by atoms with van der Waals surface area (Å²) in [4.78, 5) is 20.2. The van der Waals surface area contributed by atoms with Gasteiger partial charge in [0.1, 0.15) is 18.0 Å². The van der Waals surface area contributed by atoms with E-state index in [1.165, 1.54) is 12.4 Å². The number of benzene rings is 1. The van der Waals surface area contributed by atoms with Gasteiger partial charge < -0.3 is 16.0 Å². The van der Waals surface area contributed by atoms with Crippen LogP contribution in [-0.4, -0.2) is 38.9 Å². The van der Waals surface area contributed by atoms with Crippen LogP contribution >= 0.6 is 0 Å². The number of amides is 2. The number of carbonyl (C=O) groups is 1. The number of aromatic nitrogens is 4. The Morgan fingerprint density at radius 3 is 2.81 bits per heavy atom. The van der Waals surface area contributed by atoms with Crippen LogP contribution in [0.15, 0.2) is 42.9 Å². The number of urea groups is 1. The Labute approximate surface area is 155 Å². The Balaban J connectivity index is 1.47. The number of halogens is 1. The van der Waals surface area contributed by atoms with Crippen LogP contribution in [0.5, 0.6) is 0 Å². The fourth-order valence-electron chi connectivity index (χ4n) is 2.39. The van der Waals surface area contributed by atoms with Crippen LogP contribution in [0, 0.1) is 19.7 Å². The van der Waals surface area contributed by atoms with E-state index in [2.05, 4.69) is 31.0 Å². The van der Waals surface area contributed by atoms with Crippen molar-refractivity contribution in [3.05, 3.63) is 59.9 Å². The van der Waals surface area contributed by atoms with Crippen molar-refractivity contribution in [2.24, 2.45) is 0 Å². The second-order valence-corrected chi connectivity index (χ2v) is 5.88. The molecule has 0 fully saturated rings. The number of rotatable bonds is 6. The van der Waals surface area contributed by atoms with Crippen molar-refractivity contribution in [3.8, 4) is 5.82 Å². The van der Waals surface area contributed by atoms with Crippen LogP contribution in [0.25, 0.3) is 5.82 Å². The van der Waals surface area contributed by atoms with Crippen molar-refractivity contribution in [3.63, 3.8) is 0 Å². The molecule has 9 heteroatoms. The van der Waals surface area contributed by atoms with Crippen molar-refractivity contribution >= 4 is 17.5 Å². The standard InChI is InChI=1S/C18H20FN7O/c1-12-6-9-26(25-12)17-10-16(22-11-23-17)20-7-8-21-18(27)24-15-5-3-4-14(19)13(15)2/h3-6,9-11H,7-8H2,1-2H3,(H,20,22,23)(H2,21,24,27). The van der Waals surface area contributed by atoms with Gasteiger partial charge >= 0.3 is 6.03 Å². The largest absolute Gasteiger partial charge is 0.368 e. The van der Waals surface area contributed by atoms with Crippen LogP contribution < -0.4 is 16.0 Å². The maximum atomic E-state index is 13.5. The summed E-state index contributed by atoms with van der Waals surface area (Å²) in [5, 5.41) is 12.7. The minimum Gasteiger partial charge on any atom is -0.368 e. The van der Waals surface area contributed by atoms with Crippen LogP contribution in [-0.2, 0) is 0 Å². The van der Waals surface area contributed by atoms with E-state index in [0.717, 1.165) is 5.69 Å². The van der Waals surface area contributed by atoms with E-state index >= 15 is 0 Å². The number of aryl methyl sites for hydroxylation is 1. The Bertz CT molecular complexity index is 941. The number of anilines is 2. The Morgan fingerprint density at radius 2 is 2.04 bits per heavy atom. The average Bonchev–Trinajstić information content (AvgIpc) is 3.09. The van der Waals surface area contributed by atoms with E-state index in [1.54, 1.807) is 29.8 Å². The van der Waals surface area contributed by atoms with E-state index in [0.29, 0.717) is 36.0 Å². The molecule has 1 aromatic carbocycles. The fourth-order valence-corrected chi connectivity index (χ4v) is 2.39. The zero-order chi connectivity index (χ0) is 19.2. The zero-order valence-corrected chi connectivity index (χ0v) is 15.0. The molecular formula is C18H20FN7O. The predicted octanol–water partition coefficient (Wildman–Crippen LogP) is 2.65. The van der Waals surface area contributed by atoms with Gasteiger partial charge in [0.2, 0.25) is 0 Å². The molecule has 2 heterocycles. The molecule has 3 N–H and O–H groups in total. The van der Waals surface area contributed by atoms with Crippen LogP contribution in [0.2, 0.25) is 0 Å². The third-order valence-corrected chi connectivity index (χ3v) is 3.84. The normalized spacial score (nSPS) is 10.5. The highest BCUT2D eigenvalue weighted by atomic mass is 19.1. The molecule has 27 heavy (non-hydrogen) atoms. The van der Waals surface area contributed by atoms with E-state index in [1.807, 2.05) is 19.2 Å². The highest BCUT2D eigenvalue weighted by molar-refractivity contribution is 5.90. The molecule has 2 amide bonds. The predicted molar refractivity (Wildman–Crippen MR) is 101 cm³/mol. The molecule has 0 bridgehead atoms. The highest BCUT2D eigenvalue weighted by Crippen LogP contribution is 2.17. The molecule has 8 nitrogen and oxygen atoms in total. The summed E-state index contributed by atoms with van der Waals surface area (Å²) >= 11 is 0. The molecule has 0 saturated carbocycles. The molecule has 0 atom stereocenters. The number of nitrogens with zero attached hydrogens (tertiary/aromatic N) is 4. The summed E-state index contributed by atoms with van der Waals surface area (Å²) in [6.07, 6.45) is 3.27. The van der Waals surface area contributed by atoms with Gasteiger partial charge in [-0.25, -0.2) is 23.8 Å². The van der Waals surface area contributed by atoms with E-state index in [-0.39, 0.29) is 5.82 Å². The van der Waals surface area contributed by atoms with Gasteiger partial charge in [-0.05, 0) is 32.0 Å². The zero-order valence-electron chi connectivity index (χ0n) is 15.0. The summed E-state index contributed by atoms with van der Waals surface area (Å²) in [5.74, 6) is 0.908. The molecule has 2 aromatic heterocycles. The number of hydrogen-bond acceptors (Lipinski definition) is 5. The molecule has 0 unspecified atom stereocenters. The Hall–Kier alpha value is -3.49. The average molecular weight is 369 g/mol. The van der Waals surface area contributed by atoms with Crippen molar-refractivity contribution in [1.82, 2.24) is 25.1 Å². The van der Waals surface area contributed by atoms with Crippen LogP contribution in [0.3, 0.4) is 0 Å². The monoisotopic (exact) mass is 369 g/mol. The lowest BCUT2D eigenvalue weighted by atomic mass is 10.2. The molecule has 0 spiro atoms.